The minimum atomic E-state index is -1.50. The van der Waals surface area contributed by atoms with Crippen LogP contribution < -0.4 is 5.46 Å². The molecule has 2 aliphatic carbocycles. The number of benzene rings is 12. The summed E-state index contributed by atoms with van der Waals surface area (Å²) in [5.74, 6) is 0. The molecule has 78 heavy (non-hydrogen) atoms. The Morgan fingerprint density at radius 2 is 0.654 bits per heavy atom. The molecule has 0 fully saturated rings. The summed E-state index contributed by atoms with van der Waals surface area (Å²) in [6.07, 6.45) is 0. The summed E-state index contributed by atoms with van der Waals surface area (Å²) in [5.41, 5.74) is 19.2. The van der Waals surface area contributed by atoms with Gasteiger partial charge in [0.2, 0.25) is 0 Å². The van der Waals surface area contributed by atoms with Gasteiger partial charge in [-0.3, -0.25) is 0 Å². The molecule has 372 valence electrons. The Kier molecular flexibility index (Phi) is 12.8. The first kappa shape index (κ1) is 50.0. The van der Waals surface area contributed by atoms with Crippen LogP contribution in [0.2, 0.25) is 0 Å². The van der Waals surface area contributed by atoms with Crippen LogP contribution in [0.4, 0.5) is 0 Å². The summed E-state index contributed by atoms with van der Waals surface area (Å²) in [6.45, 7) is 8.98. The Bertz CT molecular complexity index is 4340. The van der Waals surface area contributed by atoms with Crippen molar-refractivity contribution in [2.24, 2.45) is 0 Å². The van der Waals surface area contributed by atoms with Crippen LogP contribution in [0.25, 0.3) is 98.7 Å². The molecule has 0 atom stereocenters. The minimum Gasteiger partial charge on any atom is -0.423 e. The zero-order valence-electron chi connectivity index (χ0n) is 43.7. The van der Waals surface area contributed by atoms with E-state index in [4.69, 9.17) is 5.26 Å². The standard InChI is InChI=1S/C36H25N.C20H15BO2.C16H12BrN/c1-36(2)32-20-23(22-37)16-18-26(32)27-19-17-25(21-33(27)36)35-30-14-8-6-12-28(30)34(24-10-4-3-5-11-24)29-13-7-9-15-31(29)35;22-21(23)20-17-12-6-4-10-15(17)19(14-8-2-1-3-9-14)16-11-5-7-13-18(16)20;1-16(2)14-7-10(9-18)3-5-12(14)13-6-4-11(17)8-15(13)16/h3-21H,1-2H3;1-13,22-23H;3-8H,1-2H3. The van der Waals surface area contributed by atoms with Crippen LogP contribution in [0, 0.1) is 22.7 Å². The molecule has 0 unspecified atom stereocenters. The predicted molar refractivity (Wildman–Crippen MR) is 328 cm³/mol. The van der Waals surface area contributed by atoms with Gasteiger partial charge in [0.05, 0.1) is 23.3 Å². The monoisotopic (exact) mass is 1070 g/mol. The molecule has 0 bridgehead atoms. The molecular formula is C72H52BBrN2O2. The van der Waals surface area contributed by atoms with Gasteiger partial charge in [-0.1, -0.05) is 232 Å². The third-order valence-electron chi connectivity index (χ3n) is 16.1. The zero-order valence-corrected chi connectivity index (χ0v) is 45.3. The van der Waals surface area contributed by atoms with E-state index in [-0.39, 0.29) is 10.8 Å². The van der Waals surface area contributed by atoms with Crippen molar-refractivity contribution in [3.8, 4) is 67.8 Å². The lowest BCUT2D eigenvalue weighted by molar-refractivity contribution is 0.426. The van der Waals surface area contributed by atoms with Crippen LogP contribution in [-0.2, 0) is 10.8 Å². The van der Waals surface area contributed by atoms with Crippen molar-refractivity contribution >= 4 is 71.6 Å². The molecule has 12 aromatic rings. The fourth-order valence-electron chi connectivity index (χ4n) is 12.5. The van der Waals surface area contributed by atoms with Gasteiger partial charge in [-0.15, -0.1) is 0 Å². The molecule has 0 saturated heterocycles. The van der Waals surface area contributed by atoms with Crippen molar-refractivity contribution in [2.45, 2.75) is 38.5 Å². The van der Waals surface area contributed by atoms with Crippen LogP contribution in [-0.4, -0.2) is 17.2 Å². The first-order chi connectivity index (χ1) is 37.9. The van der Waals surface area contributed by atoms with E-state index in [9.17, 15) is 15.3 Å². The molecule has 2 aliphatic rings. The molecule has 0 aromatic heterocycles. The van der Waals surface area contributed by atoms with Gasteiger partial charge in [0.25, 0.3) is 0 Å². The third-order valence-corrected chi connectivity index (χ3v) is 16.6. The van der Waals surface area contributed by atoms with Crippen molar-refractivity contribution in [1.29, 1.82) is 10.5 Å². The molecule has 6 heteroatoms. The Morgan fingerprint density at radius 3 is 1.04 bits per heavy atom. The van der Waals surface area contributed by atoms with Crippen LogP contribution >= 0.6 is 15.9 Å². The zero-order chi connectivity index (χ0) is 53.9. The Balaban J connectivity index is 0.000000127. The molecule has 2 N–H and O–H groups in total. The fourth-order valence-corrected chi connectivity index (χ4v) is 12.8. The van der Waals surface area contributed by atoms with Crippen LogP contribution in [0.3, 0.4) is 0 Å². The third kappa shape index (κ3) is 8.38. The molecule has 0 heterocycles. The Hall–Kier alpha value is -8.88. The van der Waals surface area contributed by atoms with Crippen LogP contribution in [0.5, 0.6) is 0 Å². The van der Waals surface area contributed by atoms with E-state index in [1.807, 2.05) is 84.9 Å². The number of fused-ring (bicyclic) bond motifs is 10. The van der Waals surface area contributed by atoms with E-state index >= 15 is 0 Å². The molecular weight excluding hydrogens is 1020 g/mol. The lowest BCUT2D eigenvalue weighted by Gasteiger charge is -2.23. The van der Waals surface area contributed by atoms with Crippen molar-refractivity contribution in [3.05, 3.63) is 268 Å². The van der Waals surface area contributed by atoms with E-state index in [0.717, 1.165) is 42.7 Å². The van der Waals surface area contributed by atoms with E-state index in [2.05, 4.69) is 201 Å². The molecule has 12 aromatic carbocycles. The SMILES string of the molecule is CC1(C)c2cc(Br)ccc2-c2ccc(C#N)cc21.CC1(C)c2cc(C#N)ccc2-c2ccc(-c3c4ccccc4c(-c4ccccc4)c4ccccc34)cc21.OB(O)c1c2ccccc2c(-c2ccccc2)c2ccccc12. The maximum atomic E-state index is 9.94. The number of rotatable bonds is 4. The smallest absolute Gasteiger partial charge is 0.423 e. The van der Waals surface area contributed by atoms with Gasteiger partial charge >= 0.3 is 7.12 Å². The normalized spacial score (nSPS) is 13.0. The van der Waals surface area contributed by atoms with Crippen molar-refractivity contribution in [3.63, 3.8) is 0 Å². The lowest BCUT2D eigenvalue weighted by atomic mass is 9.72. The highest BCUT2D eigenvalue weighted by Gasteiger charge is 2.37. The summed E-state index contributed by atoms with van der Waals surface area (Å²) < 4.78 is 1.10. The van der Waals surface area contributed by atoms with E-state index in [0.29, 0.717) is 11.0 Å². The number of nitriles is 2. The number of hydrogen-bond donors (Lipinski definition) is 2. The maximum absolute atomic E-state index is 9.94. The van der Waals surface area contributed by atoms with Crippen molar-refractivity contribution < 1.29 is 10.0 Å². The van der Waals surface area contributed by atoms with Gasteiger partial charge in [-0.2, -0.15) is 10.5 Å². The second kappa shape index (κ2) is 19.9. The maximum Gasteiger partial charge on any atom is 0.489 e. The first-order valence-corrected chi connectivity index (χ1v) is 27.1. The van der Waals surface area contributed by atoms with Gasteiger partial charge in [0, 0.05) is 15.3 Å². The van der Waals surface area contributed by atoms with E-state index < -0.39 is 7.12 Å². The molecule has 0 aliphatic heterocycles. The molecule has 14 rings (SSSR count). The van der Waals surface area contributed by atoms with E-state index in [1.165, 1.54) is 88.3 Å². The summed E-state index contributed by atoms with van der Waals surface area (Å²) in [4.78, 5) is 0. The highest BCUT2D eigenvalue weighted by atomic mass is 79.9. The molecule has 0 saturated carbocycles. The topological polar surface area (TPSA) is 88.0 Å². The summed E-state index contributed by atoms with van der Waals surface area (Å²) in [5, 5.41) is 47.3. The second-order valence-electron chi connectivity index (χ2n) is 21.3. The lowest BCUT2D eigenvalue weighted by Crippen LogP contribution is -2.31. The molecule has 0 spiro atoms. The number of hydrogen-bond acceptors (Lipinski definition) is 4. The highest BCUT2D eigenvalue weighted by molar-refractivity contribution is 9.10. The molecule has 0 amide bonds. The average Bonchev–Trinajstić information content (AvgIpc) is 4.04. The second-order valence-corrected chi connectivity index (χ2v) is 22.2. The van der Waals surface area contributed by atoms with Crippen LogP contribution in [0.15, 0.2) is 235 Å². The summed E-state index contributed by atoms with van der Waals surface area (Å²) >= 11 is 3.54. The molecule has 4 nitrogen and oxygen atoms in total. The van der Waals surface area contributed by atoms with Gasteiger partial charge < -0.3 is 10.0 Å². The predicted octanol–water partition coefficient (Wildman–Crippen LogP) is 17.5. The number of halogens is 1. The van der Waals surface area contributed by atoms with Gasteiger partial charge in [-0.05, 0) is 169 Å². The van der Waals surface area contributed by atoms with Gasteiger partial charge in [0.1, 0.15) is 0 Å². The Labute approximate surface area is 464 Å². The van der Waals surface area contributed by atoms with Gasteiger partial charge in [0.15, 0.2) is 0 Å². The van der Waals surface area contributed by atoms with Crippen molar-refractivity contribution in [1.82, 2.24) is 0 Å². The first-order valence-electron chi connectivity index (χ1n) is 26.3. The van der Waals surface area contributed by atoms with E-state index in [1.54, 1.807) is 0 Å². The van der Waals surface area contributed by atoms with Crippen LogP contribution in [0.1, 0.15) is 61.1 Å². The summed E-state index contributed by atoms with van der Waals surface area (Å²) in [7, 11) is -1.50. The fraction of sp³-hybridized carbons (Fsp3) is 0.0833. The summed E-state index contributed by atoms with van der Waals surface area (Å²) in [6, 6.07) is 84.3. The highest BCUT2D eigenvalue weighted by Crippen LogP contribution is 2.52. The Morgan fingerprint density at radius 1 is 0.346 bits per heavy atom. The quantitative estimate of drug-likeness (QED) is 0.136. The minimum absolute atomic E-state index is 0.0404. The van der Waals surface area contributed by atoms with Crippen molar-refractivity contribution in [2.75, 3.05) is 0 Å². The molecule has 0 radical (unpaired) electrons. The number of nitrogens with zero attached hydrogens (tertiary/aromatic N) is 2. The largest absolute Gasteiger partial charge is 0.489 e. The van der Waals surface area contributed by atoms with Gasteiger partial charge in [-0.25, -0.2) is 0 Å². The average molecular weight is 1070 g/mol.